The number of carbonyl (C=O) groups excluding carboxylic acids is 2. The second-order valence-electron chi connectivity index (χ2n) is 6.51. The van der Waals surface area contributed by atoms with Gasteiger partial charge in [-0.1, -0.05) is 12.8 Å². The summed E-state index contributed by atoms with van der Waals surface area (Å²) in [5, 5.41) is 9.27. The Hall–Kier alpha value is -0.810. The van der Waals surface area contributed by atoms with Crippen molar-refractivity contribution in [3.05, 3.63) is 0 Å². The molecule has 128 valence electrons. The molecule has 1 aliphatic heterocycles. The van der Waals surface area contributed by atoms with Crippen molar-refractivity contribution in [2.24, 2.45) is 11.8 Å². The third kappa shape index (κ3) is 6.13. The van der Waals surface area contributed by atoms with E-state index < -0.39 is 0 Å². The van der Waals surface area contributed by atoms with E-state index in [1.54, 1.807) is 0 Å². The van der Waals surface area contributed by atoms with E-state index in [2.05, 4.69) is 16.0 Å². The van der Waals surface area contributed by atoms with E-state index in [0.29, 0.717) is 18.4 Å². The molecule has 0 aromatic carbocycles. The Morgan fingerprint density at radius 2 is 1.91 bits per heavy atom. The van der Waals surface area contributed by atoms with Gasteiger partial charge in [-0.2, -0.15) is 0 Å². The van der Waals surface area contributed by atoms with Crippen LogP contribution in [0.25, 0.3) is 0 Å². The maximum Gasteiger partial charge on any atom is 0.242 e. The van der Waals surface area contributed by atoms with Crippen LogP contribution in [-0.4, -0.2) is 37.5 Å². The Balaban J connectivity index is 0.00000242. The Kier molecular flexibility index (Phi) is 8.79. The van der Waals surface area contributed by atoms with Crippen LogP contribution in [0, 0.1) is 11.8 Å². The quantitative estimate of drug-likeness (QED) is 0.692. The Morgan fingerprint density at radius 1 is 1.18 bits per heavy atom. The first-order chi connectivity index (χ1) is 10.2. The third-order valence-electron chi connectivity index (χ3n) is 4.76. The Labute approximate surface area is 139 Å². The number of carbonyl (C=O) groups is 2. The van der Waals surface area contributed by atoms with Crippen molar-refractivity contribution >= 4 is 24.2 Å². The number of hydrogen-bond acceptors (Lipinski definition) is 3. The van der Waals surface area contributed by atoms with Gasteiger partial charge < -0.3 is 16.0 Å². The minimum absolute atomic E-state index is 0. The molecule has 0 spiro atoms. The molecule has 0 aromatic rings. The summed E-state index contributed by atoms with van der Waals surface area (Å²) < 4.78 is 0. The highest BCUT2D eigenvalue weighted by molar-refractivity contribution is 5.87. The van der Waals surface area contributed by atoms with Crippen LogP contribution < -0.4 is 16.0 Å². The van der Waals surface area contributed by atoms with Crippen LogP contribution in [0.1, 0.15) is 51.9 Å². The summed E-state index contributed by atoms with van der Waals surface area (Å²) in [6.07, 6.45) is 7.94. The van der Waals surface area contributed by atoms with Gasteiger partial charge in [0.2, 0.25) is 11.8 Å². The highest BCUT2D eigenvalue weighted by Crippen LogP contribution is 2.28. The lowest BCUT2D eigenvalue weighted by atomic mass is 9.95. The molecule has 1 heterocycles. The first-order valence-electron chi connectivity index (χ1n) is 8.42. The number of rotatable bonds is 6. The smallest absolute Gasteiger partial charge is 0.242 e. The molecule has 0 bridgehead atoms. The predicted molar refractivity (Wildman–Crippen MR) is 90.0 cm³/mol. The van der Waals surface area contributed by atoms with Gasteiger partial charge >= 0.3 is 0 Å². The average Bonchev–Trinajstić information content (AvgIpc) is 2.99. The minimum atomic E-state index is -0.338. The highest BCUT2D eigenvalue weighted by atomic mass is 35.5. The Bertz CT molecular complexity index is 353. The number of amides is 2. The van der Waals surface area contributed by atoms with Crippen molar-refractivity contribution in [1.29, 1.82) is 0 Å². The fourth-order valence-corrected chi connectivity index (χ4v) is 3.59. The lowest BCUT2D eigenvalue weighted by molar-refractivity contribution is -0.129. The van der Waals surface area contributed by atoms with Gasteiger partial charge in [0.15, 0.2) is 0 Å². The molecule has 1 aliphatic carbocycles. The maximum absolute atomic E-state index is 12.4. The van der Waals surface area contributed by atoms with Crippen molar-refractivity contribution in [3.63, 3.8) is 0 Å². The molecule has 0 aromatic heterocycles. The predicted octanol–water partition coefficient (Wildman–Crippen LogP) is 1.61. The summed E-state index contributed by atoms with van der Waals surface area (Å²) in [6.45, 7) is 4.39. The average molecular weight is 332 g/mol. The van der Waals surface area contributed by atoms with Gasteiger partial charge in [-0.3, -0.25) is 9.59 Å². The van der Waals surface area contributed by atoms with Crippen LogP contribution in [0.4, 0.5) is 0 Å². The molecule has 3 N–H and O–H groups in total. The molecule has 0 radical (unpaired) electrons. The molecule has 2 aliphatic rings. The zero-order valence-corrected chi connectivity index (χ0v) is 14.3. The molecule has 1 saturated carbocycles. The van der Waals surface area contributed by atoms with Gasteiger partial charge in [0.05, 0.1) is 0 Å². The zero-order valence-electron chi connectivity index (χ0n) is 13.5. The number of piperidine rings is 1. The van der Waals surface area contributed by atoms with E-state index in [1.165, 1.54) is 32.6 Å². The summed E-state index contributed by atoms with van der Waals surface area (Å²) in [4.78, 5) is 23.7. The van der Waals surface area contributed by atoms with Crippen molar-refractivity contribution in [1.82, 2.24) is 16.0 Å². The summed E-state index contributed by atoms with van der Waals surface area (Å²) in [5.74, 6) is 0.870. The lowest BCUT2D eigenvalue weighted by Gasteiger charge is -2.25. The normalized spacial score (nSPS) is 23.4. The topological polar surface area (TPSA) is 70.2 Å². The molecule has 2 unspecified atom stereocenters. The second-order valence-corrected chi connectivity index (χ2v) is 6.51. The molecular weight excluding hydrogens is 302 g/mol. The van der Waals surface area contributed by atoms with Gasteiger partial charge in [0, 0.05) is 13.5 Å². The highest BCUT2D eigenvalue weighted by Gasteiger charge is 2.31. The van der Waals surface area contributed by atoms with Crippen molar-refractivity contribution in [2.45, 2.75) is 57.9 Å². The molecule has 1 saturated heterocycles. The lowest BCUT2D eigenvalue weighted by Crippen LogP contribution is -2.50. The number of nitrogens with one attached hydrogen (secondary N) is 3. The van der Waals surface area contributed by atoms with E-state index in [4.69, 9.17) is 0 Å². The molecule has 5 nitrogen and oxygen atoms in total. The fourth-order valence-electron chi connectivity index (χ4n) is 3.59. The number of hydrogen-bond donors (Lipinski definition) is 3. The van der Waals surface area contributed by atoms with Gasteiger partial charge in [-0.05, 0) is 57.0 Å². The van der Waals surface area contributed by atoms with Crippen LogP contribution in [0.15, 0.2) is 0 Å². The Morgan fingerprint density at radius 3 is 2.50 bits per heavy atom. The zero-order chi connectivity index (χ0) is 15.1. The van der Waals surface area contributed by atoms with Gasteiger partial charge in [-0.15, -0.1) is 12.4 Å². The molecule has 6 heteroatoms. The van der Waals surface area contributed by atoms with Crippen molar-refractivity contribution < 1.29 is 9.59 Å². The van der Waals surface area contributed by atoms with Crippen LogP contribution in [-0.2, 0) is 9.59 Å². The van der Waals surface area contributed by atoms with Gasteiger partial charge in [0.25, 0.3) is 0 Å². The monoisotopic (exact) mass is 331 g/mol. The van der Waals surface area contributed by atoms with E-state index in [1.807, 2.05) is 0 Å². The van der Waals surface area contributed by atoms with Crippen LogP contribution in [0.5, 0.6) is 0 Å². The van der Waals surface area contributed by atoms with Crippen LogP contribution in [0.3, 0.4) is 0 Å². The molecule has 2 fully saturated rings. The molecular formula is C16H30ClN3O2. The molecule has 22 heavy (non-hydrogen) atoms. The van der Waals surface area contributed by atoms with Gasteiger partial charge in [0.1, 0.15) is 6.04 Å². The van der Waals surface area contributed by atoms with Crippen molar-refractivity contribution in [2.75, 3.05) is 19.6 Å². The number of halogens is 1. The standard InChI is InChI=1S/C16H29N3O2.ClH/c1-12(20)19-15(14-6-2-3-7-14)16(21)18-10-8-13-5-4-9-17-11-13;/h13-15,17H,2-11H2,1H3,(H,18,21)(H,19,20);1H. The summed E-state index contributed by atoms with van der Waals surface area (Å²) in [6, 6.07) is -0.338. The SMILES string of the molecule is CC(=O)NC(C(=O)NCCC1CCCNC1)C1CCCC1.Cl. The molecule has 2 amide bonds. The van der Waals surface area contributed by atoms with E-state index in [-0.39, 0.29) is 30.3 Å². The second kappa shape index (κ2) is 10.1. The summed E-state index contributed by atoms with van der Waals surface area (Å²) >= 11 is 0. The first-order valence-corrected chi connectivity index (χ1v) is 8.42. The van der Waals surface area contributed by atoms with Crippen molar-refractivity contribution in [3.8, 4) is 0 Å². The fraction of sp³-hybridized carbons (Fsp3) is 0.875. The largest absolute Gasteiger partial charge is 0.354 e. The van der Waals surface area contributed by atoms with Crippen LogP contribution >= 0.6 is 12.4 Å². The summed E-state index contributed by atoms with van der Waals surface area (Å²) in [7, 11) is 0. The molecule has 2 atom stereocenters. The summed E-state index contributed by atoms with van der Waals surface area (Å²) in [5.41, 5.74) is 0. The van der Waals surface area contributed by atoms with E-state index >= 15 is 0 Å². The van der Waals surface area contributed by atoms with Gasteiger partial charge in [-0.25, -0.2) is 0 Å². The van der Waals surface area contributed by atoms with E-state index in [0.717, 1.165) is 32.4 Å². The van der Waals surface area contributed by atoms with Crippen LogP contribution in [0.2, 0.25) is 0 Å². The maximum atomic E-state index is 12.4. The minimum Gasteiger partial charge on any atom is -0.354 e. The third-order valence-corrected chi connectivity index (χ3v) is 4.76. The first kappa shape index (κ1) is 19.2. The molecule has 2 rings (SSSR count). The van der Waals surface area contributed by atoms with E-state index in [9.17, 15) is 9.59 Å².